The van der Waals surface area contributed by atoms with E-state index in [0.29, 0.717) is 16.9 Å². The summed E-state index contributed by atoms with van der Waals surface area (Å²) in [5.41, 5.74) is 1.59. The van der Waals surface area contributed by atoms with E-state index in [1.54, 1.807) is 37.6 Å². The fraction of sp³-hybridized carbons (Fsp3) is 0.438. The SMILES string of the molecule is COC1CCCC(Nc2ccc([N+](=O)[O-])c3cccnc23)C1. The monoisotopic (exact) mass is 301 g/mol. The fourth-order valence-electron chi connectivity index (χ4n) is 3.14. The molecule has 1 aromatic heterocycles. The van der Waals surface area contributed by atoms with Gasteiger partial charge in [0.15, 0.2) is 0 Å². The van der Waals surface area contributed by atoms with Crippen molar-refractivity contribution in [3.63, 3.8) is 0 Å². The van der Waals surface area contributed by atoms with Crippen LogP contribution in [0, 0.1) is 10.1 Å². The summed E-state index contributed by atoms with van der Waals surface area (Å²) < 4.78 is 5.45. The third kappa shape index (κ3) is 2.87. The molecule has 6 nitrogen and oxygen atoms in total. The van der Waals surface area contributed by atoms with Crippen LogP contribution >= 0.6 is 0 Å². The Morgan fingerprint density at radius 1 is 1.36 bits per heavy atom. The maximum Gasteiger partial charge on any atom is 0.278 e. The predicted molar refractivity (Wildman–Crippen MR) is 85.1 cm³/mol. The maximum atomic E-state index is 11.1. The van der Waals surface area contributed by atoms with Crippen molar-refractivity contribution in [1.29, 1.82) is 0 Å². The second-order valence-electron chi connectivity index (χ2n) is 5.65. The van der Waals surface area contributed by atoms with Crippen molar-refractivity contribution in [1.82, 2.24) is 4.98 Å². The molecule has 1 aromatic carbocycles. The molecule has 0 spiro atoms. The zero-order valence-electron chi connectivity index (χ0n) is 12.5. The molecule has 1 heterocycles. The van der Waals surface area contributed by atoms with Gasteiger partial charge in [-0.1, -0.05) is 0 Å². The fourth-order valence-corrected chi connectivity index (χ4v) is 3.14. The van der Waals surface area contributed by atoms with Crippen LogP contribution in [0.15, 0.2) is 30.5 Å². The van der Waals surface area contributed by atoms with Gasteiger partial charge in [-0.2, -0.15) is 0 Å². The zero-order valence-corrected chi connectivity index (χ0v) is 12.5. The average molecular weight is 301 g/mol. The van der Waals surface area contributed by atoms with Gasteiger partial charge in [0.1, 0.15) is 5.52 Å². The van der Waals surface area contributed by atoms with Crippen LogP contribution in [0.4, 0.5) is 11.4 Å². The Balaban J connectivity index is 1.91. The number of hydrogen-bond acceptors (Lipinski definition) is 5. The van der Waals surface area contributed by atoms with Gasteiger partial charge in [0.25, 0.3) is 5.69 Å². The van der Waals surface area contributed by atoms with Gasteiger partial charge in [-0.25, -0.2) is 0 Å². The molecular formula is C16H19N3O3. The minimum Gasteiger partial charge on any atom is -0.381 e. The first kappa shape index (κ1) is 14.7. The normalized spacial score (nSPS) is 21.7. The van der Waals surface area contributed by atoms with E-state index in [4.69, 9.17) is 4.74 Å². The predicted octanol–water partition coefficient (Wildman–Crippen LogP) is 3.51. The van der Waals surface area contributed by atoms with E-state index in [9.17, 15) is 10.1 Å². The number of nitrogens with one attached hydrogen (secondary N) is 1. The van der Waals surface area contributed by atoms with E-state index >= 15 is 0 Å². The molecule has 1 aliphatic rings. The Bertz CT molecular complexity index is 689. The Labute approximate surface area is 128 Å². The largest absolute Gasteiger partial charge is 0.381 e. The number of aromatic nitrogens is 1. The average Bonchev–Trinajstić information content (AvgIpc) is 2.55. The molecule has 2 aromatic rings. The minimum atomic E-state index is -0.366. The third-order valence-corrected chi connectivity index (χ3v) is 4.26. The minimum absolute atomic E-state index is 0.0899. The summed E-state index contributed by atoms with van der Waals surface area (Å²) in [7, 11) is 1.75. The Kier molecular flexibility index (Phi) is 4.20. The Morgan fingerprint density at radius 3 is 3.00 bits per heavy atom. The van der Waals surface area contributed by atoms with E-state index in [0.717, 1.165) is 31.4 Å². The molecule has 0 saturated heterocycles. The van der Waals surface area contributed by atoms with Crippen molar-refractivity contribution in [3.8, 4) is 0 Å². The molecule has 2 atom stereocenters. The molecule has 1 N–H and O–H groups in total. The number of benzene rings is 1. The van der Waals surface area contributed by atoms with Crippen molar-refractivity contribution in [3.05, 3.63) is 40.6 Å². The lowest BCUT2D eigenvalue weighted by atomic mass is 9.92. The summed E-state index contributed by atoms with van der Waals surface area (Å²) in [6, 6.07) is 7.07. The molecule has 6 heteroatoms. The first-order valence-electron chi connectivity index (χ1n) is 7.50. The summed E-state index contributed by atoms with van der Waals surface area (Å²) in [5.74, 6) is 0. The highest BCUT2D eigenvalue weighted by Crippen LogP contribution is 2.32. The number of ether oxygens (including phenoxy) is 1. The van der Waals surface area contributed by atoms with Gasteiger partial charge >= 0.3 is 0 Å². The number of anilines is 1. The number of nitrogens with zero attached hydrogens (tertiary/aromatic N) is 2. The third-order valence-electron chi connectivity index (χ3n) is 4.26. The van der Waals surface area contributed by atoms with Crippen LogP contribution in [-0.4, -0.2) is 29.2 Å². The molecule has 22 heavy (non-hydrogen) atoms. The van der Waals surface area contributed by atoms with Crippen molar-refractivity contribution in [2.75, 3.05) is 12.4 Å². The van der Waals surface area contributed by atoms with Crippen LogP contribution in [0.3, 0.4) is 0 Å². The number of fused-ring (bicyclic) bond motifs is 1. The second kappa shape index (κ2) is 6.27. The van der Waals surface area contributed by atoms with Crippen LogP contribution in [0.25, 0.3) is 10.9 Å². The van der Waals surface area contributed by atoms with E-state index in [1.807, 2.05) is 0 Å². The van der Waals surface area contributed by atoms with Crippen LogP contribution in [0.1, 0.15) is 25.7 Å². The molecule has 0 bridgehead atoms. The van der Waals surface area contributed by atoms with Gasteiger partial charge in [-0.15, -0.1) is 0 Å². The first-order valence-corrected chi connectivity index (χ1v) is 7.50. The topological polar surface area (TPSA) is 77.3 Å². The van der Waals surface area contributed by atoms with Crippen molar-refractivity contribution < 1.29 is 9.66 Å². The lowest BCUT2D eigenvalue weighted by Gasteiger charge is -2.29. The van der Waals surface area contributed by atoms with Gasteiger partial charge in [0.2, 0.25) is 0 Å². The van der Waals surface area contributed by atoms with Crippen molar-refractivity contribution in [2.24, 2.45) is 0 Å². The molecular weight excluding hydrogens is 282 g/mol. The van der Waals surface area contributed by atoms with E-state index in [2.05, 4.69) is 10.3 Å². The van der Waals surface area contributed by atoms with Gasteiger partial charge in [0, 0.05) is 25.4 Å². The van der Waals surface area contributed by atoms with E-state index < -0.39 is 0 Å². The standard InChI is InChI=1S/C16H19N3O3/c1-22-12-5-2-4-11(10-12)18-14-7-8-15(19(20)21)13-6-3-9-17-16(13)14/h3,6-9,11-12,18H,2,4-5,10H2,1H3. The van der Waals surface area contributed by atoms with Crippen LogP contribution < -0.4 is 5.32 Å². The summed E-state index contributed by atoms with van der Waals surface area (Å²) in [6.07, 6.45) is 6.18. The summed E-state index contributed by atoms with van der Waals surface area (Å²) in [4.78, 5) is 15.1. The van der Waals surface area contributed by atoms with Gasteiger partial charge in [0.05, 0.1) is 22.1 Å². The molecule has 2 unspecified atom stereocenters. The van der Waals surface area contributed by atoms with E-state index in [1.165, 1.54) is 0 Å². The summed E-state index contributed by atoms with van der Waals surface area (Å²) >= 11 is 0. The number of pyridine rings is 1. The number of nitro groups is 1. The molecule has 0 amide bonds. The highest BCUT2D eigenvalue weighted by Gasteiger charge is 2.23. The highest BCUT2D eigenvalue weighted by atomic mass is 16.6. The molecule has 3 rings (SSSR count). The lowest BCUT2D eigenvalue weighted by molar-refractivity contribution is -0.383. The number of rotatable bonds is 4. The van der Waals surface area contributed by atoms with Gasteiger partial charge in [-0.3, -0.25) is 15.1 Å². The highest BCUT2D eigenvalue weighted by molar-refractivity contribution is 5.96. The van der Waals surface area contributed by atoms with Gasteiger partial charge in [-0.05, 0) is 43.9 Å². The number of methoxy groups -OCH3 is 1. The van der Waals surface area contributed by atoms with Crippen LogP contribution in [0.2, 0.25) is 0 Å². The van der Waals surface area contributed by atoms with Crippen molar-refractivity contribution >= 4 is 22.3 Å². The number of nitro benzene ring substituents is 1. The molecule has 1 saturated carbocycles. The summed E-state index contributed by atoms with van der Waals surface area (Å²) in [6.45, 7) is 0. The first-order chi connectivity index (χ1) is 10.7. The van der Waals surface area contributed by atoms with Crippen molar-refractivity contribution in [2.45, 2.75) is 37.8 Å². The smallest absolute Gasteiger partial charge is 0.278 e. The molecule has 116 valence electrons. The summed E-state index contributed by atoms with van der Waals surface area (Å²) in [5, 5.41) is 15.2. The Morgan fingerprint density at radius 2 is 2.23 bits per heavy atom. The van der Waals surface area contributed by atoms with Crippen LogP contribution in [-0.2, 0) is 4.74 Å². The molecule has 1 aliphatic carbocycles. The number of non-ortho nitro benzene ring substituents is 1. The second-order valence-corrected chi connectivity index (χ2v) is 5.65. The van der Waals surface area contributed by atoms with Gasteiger partial charge < -0.3 is 10.1 Å². The zero-order chi connectivity index (χ0) is 15.5. The Hall–Kier alpha value is -2.21. The van der Waals surface area contributed by atoms with E-state index in [-0.39, 0.29) is 16.7 Å². The number of hydrogen-bond donors (Lipinski definition) is 1. The molecule has 0 aliphatic heterocycles. The van der Waals surface area contributed by atoms with Crippen LogP contribution in [0.5, 0.6) is 0 Å². The quantitative estimate of drug-likeness (QED) is 0.690. The lowest BCUT2D eigenvalue weighted by Crippen LogP contribution is -2.31. The maximum absolute atomic E-state index is 11.1. The molecule has 0 radical (unpaired) electrons. The molecule has 1 fully saturated rings.